The van der Waals surface area contributed by atoms with E-state index in [1.807, 2.05) is 0 Å². The highest BCUT2D eigenvalue weighted by Gasteiger charge is 2.07. The molecular weight excluding hydrogens is 250 g/mol. The van der Waals surface area contributed by atoms with Crippen LogP contribution >= 0.6 is 23.4 Å². The molecule has 2 nitrogen and oxygen atoms in total. The SMILES string of the molecule is CCSCCS(=O)c1ccc(Cl)cc1N. The Morgan fingerprint density at radius 1 is 1.53 bits per heavy atom. The fourth-order valence-electron chi connectivity index (χ4n) is 1.12. The average Bonchev–Trinajstić information content (AvgIpc) is 2.17. The third-order valence-corrected chi connectivity index (χ3v) is 4.67. The first-order valence-corrected chi connectivity index (χ1v) is 7.51. The molecule has 1 rings (SSSR count). The minimum absolute atomic E-state index is 0.516. The van der Waals surface area contributed by atoms with Gasteiger partial charge in [-0.25, -0.2) is 0 Å². The Balaban J connectivity index is 2.65. The Labute approximate surface area is 102 Å². The van der Waals surface area contributed by atoms with E-state index in [2.05, 4.69) is 6.92 Å². The van der Waals surface area contributed by atoms with Gasteiger partial charge in [0.2, 0.25) is 0 Å². The van der Waals surface area contributed by atoms with E-state index in [1.54, 1.807) is 30.0 Å². The molecule has 0 aliphatic rings. The lowest BCUT2D eigenvalue weighted by molar-refractivity contribution is 0.684. The molecular formula is C10H14ClNOS2. The van der Waals surface area contributed by atoms with Crippen LogP contribution in [0.15, 0.2) is 23.1 Å². The predicted octanol–water partition coefficient (Wildman–Crippen LogP) is 2.78. The summed E-state index contributed by atoms with van der Waals surface area (Å²) in [5, 5.41) is 0.580. The molecule has 0 aliphatic carbocycles. The van der Waals surface area contributed by atoms with Crippen molar-refractivity contribution in [3.8, 4) is 0 Å². The molecule has 0 aromatic heterocycles. The van der Waals surface area contributed by atoms with E-state index in [0.717, 1.165) is 11.5 Å². The van der Waals surface area contributed by atoms with Gasteiger partial charge in [0, 0.05) is 22.2 Å². The van der Waals surface area contributed by atoms with Gasteiger partial charge in [0.05, 0.1) is 15.7 Å². The van der Waals surface area contributed by atoms with Gasteiger partial charge in [0.1, 0.15) is 0 Å². The molecule has 15 heavy (non-hydrogen) atoms. The van der Waals surface area contributed by atoms with E-state index in [-0.39, 0.29) is 0 Å². The van der Waals surface area contributed by atoms with Gasteiger partial charge in [-0.1, -0.05) is 18.5 Å². The lowest BCUT2D eigenvalue weighted by Gasteiger charge is -2.05. The highest BCUT2D eigenvalue weighted by molar-refractivity contribution is 8.00. The number of nitrogen functional groups attached to an aromatic ring is 1. The van der Waals surface area contributed by atoms with Crippen molar-refractivity contribution in [3.05, 3.63) is 23.2 Å². The lowest BCUT2D eigenvalue weighted by Crippen LogP contribution is -2.04. The van der Waals surface area contributed by atoms with E-state index < -0.39 is 10.8 Å². The van der Waals surface area contributed by atoms with Gasteiger partial charge in [-0.3, -0.25) is 4.21 Å². The Kier molecular flexibility index (Phi) is 5.50. The van der Waals surface area contributed by atoms with Crippen LogP contribution < -0.4 is 5.73 Å². The van der Waals surface area contributed by atoms with Crippen molar-refractivity contribution in [3.63, 3.8) is 0 Å². The van der Waals surface area contributed by atoms with Gasteiger partial charge >= 0.3 is 0 Å². The zero-order chi connectivity index (χ0) is 11.3. The molecule has 1 unspecified atom stereocenters. The van der Waals surface area contributed by atoms with E-state index in [1.165, 1.54) is 0 Å². The van der Waals surface area contributed by atoms with Crippen molar-refractivity contribution < 1.29 is 4.21 Å². The van der Waals surface area contributed by atoms with Crippen LogP contribution in [0.5, 0.6) is 0 Å². The molecule has 0 saturated heterocycles. The van der Waals surface area contributed by atoms with Crippen molar-refractivity contribution in [2.45, 2.75) is 11.8 Å². The minimum Gasteiger partial charge on any atom is -0.398 e. The Morgan fingerprint density at radius 3 is 2.87 bits per heavy atom. The second-order valence-corrected chi connectivity index (χ2v) is 6.30. The highest BCUT2D eigenvalue weighted by Crippen LogP contribution is 2.21. The van der Waals surface area contributed by atoms with E-state index in [9.17, 15) is 4.21 Å². The van der Waals surface area contributed by atoms with E-state index in [0.29, 0.717) is 21.4 Å². The average molecular weight is 264 g/mol. The van der Waals surface area contributed by atoms with Crippen LogP contribution in [0, 0.1) is 0 Å². The van der Waals surface area contributed by atoms with Gasteiger partial charge in [-0.05, 0) is 24.0 Å². The van der Waals surface area contributed by atoms with E-state index >= 15 is 0 Å². The molecule has 0 bridgehead atoms. The van der Waals surface area contributed by atoms with Crippen LogP contribution in [0.2, 0.25) is 5.02 Å². The summed E-state index contributed by atoms with van der Waals surface area (Å²) in [5.74, 6) is 2.59. The normalized spacial score (nSPS) is 12.7. The van der Waals surface area contributed by atoms with Gasteiger partial charge in [0.25, 0.3) is 0 Å². The molecule has 5 heteroatoms. The van der Waals surface area contributed by atoms with Crippen LogP contribution in [-0.4, -0.2) is 21.5 Å². The predicted molar refractivity (Wildman–Crippen MR) is 70.1 cm³/mol. The molecule has 0 spiro atoms. The summed E-state index contributed by atoms with van der Waals surface area (Å²) in [6.45, 7) is 2.09. The summed E-state index contributed by atoms with van der Waals surface area (Å²) >= 11 is 7.55. The summed E-state index contributed by atoms with van der Waals surface area (Å²) in [4.78, 5) is 0.691. The van der Waals surface area contributed by atoms with Crippen LogP contribution in [-0.2, 0) is 10.8 Å². The number of halogens is 1. The van der Waals surface area contributed by atoms with Gasteiger partial charge in [-0.2, -0.15) is 11.8 Å². The minimum atomic E-state index is -1.01. The van der Waals surface area contributed by atoms with Crippen LogP contribution in [0.25, 0.3) is 0 Å². The number of anilines is 1. The maximum absolute atomic E-state index is 11.8. The number of nitrogens with two attached hydrogens (primary N) is 1. The molecule has 1 atom stereocenters. The first kappa shape index (κ1) is 12.9. The maximum Gasteiger partial charge on any atom is 0.0618 e. The standard InChI is InChI=1S/C10H14ClNOS2/c1-2-14-5-6-15(13)10-4-3-8(11)7-9(10)12/h3-4,7H,2,5-6,12H2,1H3. The van der Waals surface area contributed by atoms with Crippen molar-refractivity contribution in [1.29, 1.82) is 0 Å². The number of benzene rings is 1. The van der Waals surface area contributed by atoms with Crippen molar-refractivity contribution >= 4 is 39.8 Å². The number of hydrogen-bond donors (Lipinski definition) is 1. The molecule has 0 amide bonds. The summed E-state index contributed by atoms with van der Waals surface area (Å²) < 4.78 is 11.8. The molecule has 1 aromatic rings. The summed E-state index contributed by atoms with van der Waals surface area (Å²) in [7, 11) is -1.01. The molecule has 0 radical (unpaired) electrons. The molecule has 0 heterocycles. The van der Waals surface area contributed by atoms with Crippen LogP contribution in [0.1, 0.15) is 6.92 Å². The largest absolute Gasteiger partial charge is 0.398 e. The van der Waals surface area contributed by atoms with Crippen molar-refractivity contribution in [2.75, 3.05) is 23.0 Å². The Hall–Kier alpha value is -0.190. The van der Waals surface area contributed by atoms with Gasteiger partial charge in [-0.15, -0.1) is 0 Å². The highest BCUT2D eigenvalue weighted by atomic mass is 35.5. The molecule has 0 saturated carbocycles. The van der Waals surface area contributed by atoms with Gasteiger partial charge in [0.15, 0.2) is 0 Å². The summed E-state index contributed by atoms with van der Waals surface area (Å²) in [5.41, 5.74) is 6.26. The zero-order valence-corrected chi connectivity index (χ0v) is 10.9. The molecule has 0 aliphatic heterocycles. The van der Waals surface area contributed by atoms with Gasteiger partial charge < -0.3 is 5.73 Å². The maximum atomic E-state index is 11.8. The molecule has 2 N–H and O–H groups in total. The third kappa shape index (κ3) is 4.05. The summed E-state index contributed by atoms with van der Waals surface area (Å²) in [6.07, 6.45) is 0. The molecule has 0 fully saturated rings. The number of hydrogen-bond acceptors (Lipinski definition) is 3. The fourth-order valence-corrected chi connectivity index (χ4v) is 3.42. The number of thioether (sulfide) groups is 1. The quantitative estimate of drug-likeness (QED) is 0.656. The first-order valence-electron chi connectivity index (χ1n) is 4.66. The number of rotatable bonds is 5. The van der Waals surface area contributed by atoms with Crippen molar-refractivity contribution in [2.24, 2.45) is 0 Å². The third-order valence-electron chi connectivity index (χ3n) is 1.83. The van der Waals surface area contributed by atoms with Crippen LogP contribution in [0.3, 0.4) is 0 Å². The zero-order valence-electron chi connectivity index (χ0n) is 8.53. The van der Waals surface area contributed by atoms with Crippen LogP contribution in [0.4, 0.5) is 5.69 Å². The topological polar surface area (TPSA) is 43.1 Å². The smallest absolute Gasteiger partial charge is 0.0618 e. The lowest BCUT2D eigenvalue weighted by atomic mass is 10.3. The molecule has 84 valence electrons. The second kappa shape index (κ2) is 6.40. The first-order chi connectivity index (χ1) is 7.15. The molecule has 1 aromatic carbocycles. The Bertz CT molecular complexity index is 357. The fraction of sp³-hybridized carbons (Fsp3) is 0.400. The second-order valence-electron chi connectivity index (χ2n) is 2.93. The monoisotopic (exact) mass is 263 g/mol. The van der Waals surface area contributed by atoms with Crippen molar-refractivity contribution in [1.82, 2.24) is 0 Å². The van der Waals surface area contributed by atoms with E-state index in [4.69, 9.17) is 17.3 Å². The Morgan fingerprint density at radius 2 is 2.27 bits per heavy atom. The summed E-state index contributed by atoms with van der Waals surface area (Å²) in [6, 6.07) is 5.10.